The molecule has 78 valence electrons. The van der Waals surface area contributed by atoms with Crippen molar-refractivity contribution in [3.63, 3.8) is 0 Å². The Balaban J connectivity index is 3.59. The molecule has 0 saturated carbocycles. The van der Waals surface area contributed by atoms with Crippen LogP contribution in [0, 0.1) is 0 Å². The van der Waals surface area contributed by atoms with Crippen LogP contribution in [-0.4, -0.2) is 30.4 Å². The predicted molar refractivity (Wildman–Crippen MR) is 43.1 cm³/mol. The maximum atomic E-state index is 11.6. The molecule has 0 amide bonds. The van der Waals surface area contributed by atoms with Gasteiger partial charge in [0.2, 0.25) is 0 Å². The van der Waals surface area contributed by atoms with Crippen molar-refractivity contribution in [3.8, 4) is 0 Å². The minimum Gasteiger partial charge on any atom is -0.468 e. The molecule has 1 unspecified atom stereocenters. The second-order valence-electron chi connectivity index (χ2n) is 2.21. The molecule has 2 N–H and O–H groups in total. The third-order valence-corrected chi connectivity index (χ3v) is 1.97. The lowest BCUT2D eigenvalue weighted by Crippen LogP contribution is -2.32. The van der Waals surface area contributed by atoms with E-state index in [1.54, 1.807) is 0 Å². The molecule has 0 aliphatic carbocycles. The van der Waals surface area contributed by atoms with Gasteiger partial charge in [0.25, 0.3) is 0 Å². The van der Waals surface area contributed by atoms with Crippen LogP contribution in [0.1, 0.15) is 6.42 Å². The number of halogens is 3. The molecule has 0 saturated heterocycles. The van der Waals surface area contributed by atoms with Gasteiger partial charge in [0.05, 0.1) is 7.11 Å². The average Bonchev–Trinajstić information content (AvgIpc) is 2.00. The minimum atomic E-state index is -4.27. The van der Waals surface area contributed by atoms with E-state index in [0.29, 0.717) is 0 Å². The molecular formula is C6H10F3NO2S. The highest BCUT2D eigenvalue weighted by Gasteiger charge is 2.28. The number of esters is 1. The van der Waals surface area contributed by atoms with Crippen molar-refractivity contribution in [2.75, 3.05) is 12.9 Å². The summed E-state index contributed by atoms with van der Waals surface area (Å²) < 4.78 is 39.0. The molecule has 0 aliphatic heterocycles. The van der Waals surface area contributed by atoms with Crippen LogP contribution < -0.4 is 5.73 Å². The quantitative estimate of drug-likeness (QED) is 0.717. The lowest BCUT2D eigenvalue weighted by molar-refractivity contribution is -0.142. The highest BCUT2D eigenvalue weighted by Crippen LogP contribution is 2.30. The average molecular weight is 217 g/mol. The molecule has 1 atom stereocenters. The third-order valence-electron chi connectivity index (χ3n) is 1.20. The number of rotatable bonds is 4. The Morgan fingerprint density at radius 2 is 2.15 bits per heavy atom. The molecule has 0 rings (SSSR count). The van der Waals surface area contributed by atoms with Crippen LogP contribution in [0.4, 0.5) is 13.2 Å². The number of alkyl halides is 3. The van der Waals surface area contributed by atoms with Gasteiger partial charge in [0, 0.05) is 5.75 Å². The molecule has 0 fully saturated rings. The van der Waals surface area contributed by atoms with Gasteiger partial charge in [-0.2, -0.15) is 13.2 Å². The Morgan fingerprint density at radius 3 is 2.54 bits per heavy atom. The van der Waals surface area contributed by atoms with Crippen LogP contribution in [0.3, 0.4) is 0 Å². The van der Waals surface area contributed by atoms with Crippen molar-refractivity contribution >= 4 is 17.7 Å². The summed E-state index contributed by atoms with van der Waals surface area (Å²) in [6, 6.07) is -0.972. The Morgan fingerprint density at radius 1 is 1.62 bits per heavy atom. The molecule has 0 aromatic rings. The van der Waals surface area contributed by atoms with Gasteiger partial charge < -0.3 is 10.5 Å². The topological polar surface area (TPSA) is 52.3 Å². The van der Waals surface area contributed by atoms with Crippen LogP contribution in [0.2, 0.25) is 0 Å². The molecule has 0 aromatic carbocycles. The summed E-state index contributed by atoms with van der Waals surface area (Å²) >= 11 is -0.198. The van der Waals surface area contributed by atoms with Crippen molar-refractivity contribution < 1.29 is 22.7 Å². The van der Waals surface area contributed by atoms with Crippen molar-refractivity contribution in [3.05, 3.63) is 0 Å². The number of nitrogens with two attached hydrogens (primary N) is 1. The lowest BCUT2D eigenvalue weighted by atomic mass is 10.2. The van der Waals surface area contributed by atoms with E-state index < -0.39 is 17.5 Å². The second kappa shape index (κ2) is 5.33. The first-order chi connectivity index (χ1) is 5.87. The second-order valence-corrected chi connectivity index (χ2v) is 3.37. The van der Waals surface area contributed by atoms with Crippen molar-refractivity contribution in [2.24, 2.45) is 5.73 Å². The molecular weight excluding hydrogens is 207 g/mol. The molecule has 0 spiro atoms. The molecule has 0 aromatic heterocycles. The highest BCUT2D eigenvalue weighted by molar-refractivity contribution is 8.00. The Hall–Kier alpha value is -0.430. The summed E-state index contributed by atoms with van der Waals surface area (Å²) in [5.41, 5.74) is 0.934. The zero-order chi connectivity index (χ0) is 10.5. The first kappa shape index (κ1) is 12.6. The molecule has 0 heterocycles. The minimum absolute atomic E-state index is 0.0448. The van der Waals surface area contributed by atoms with Gasteiger partial charge in [-0.15, -0.1) is 0 Å². The number of ether oxygens (including phenoxy) is 1. The van der Waals surface area contributed by atoms with Crippen LogP contribution >= 0.6 is 11.8 Å². The maximum absolute atomic E-state index is 11.6. The lowest BCUT2D eigenvalue weighted by Gasteiger charge is -2.09. The van der Waals surface area contributed by atoms with E-state index in [1.807, 2.05) is 0 Å². The first-order valence-corrected chi connectivity index (χ1v) is 4.39. The van der Waals surface area contributed by atoms with Gasteiger partial charge in [-0.25, -0.2) is 0 Å². The fraction of sp³-hybridized carbons (Fsp3) is 0.833. The maximum Gasteiger partial charge on any atom is 0.441 e. The van der Waals surface area contributed by atoms with Crippen LogP contribution in [0.25, 0.3) is 0 Å². The highest BCUT2D eigenvalue weighted by atomic mass is 32.2. The molecule has 0 radical (unpaired) electrons. The molecule has 13 heavy (non-hydrogen) atoms. The largest absolute Gasteiger partial charge is 0.468 e. The van der Waals surface area contributed by atoms with Gasteiger partial charge in [-0.3, -0.25) is 4.79 Å². The van der Waals surface area contributed by atoms with E-state index in [0.717, 1.165) is 7.11 Å². The van der Waals surface area contributed by atoms with Crippen molar-refractivity contribution in [1.82, 2.24) is 0 Å². The number of thioether (sulfide) groups is 1. The number of carbonyl (C=O) groups excluding carboxylic acids is 1. The normalized spacial score (nSPS) is 13.9. The van der Waals surface area contributed by atoms with Gasteiger partial charge in [0.1, 0.15) is 6.04 Å². The van der Waals surface area contributed by atoms with E-state index in [9.17, 15) is 18.0 Å². The summed E-state index contributed by atoms with van der Waals surface area (Å²) in [5, 5.41) is 0. The standard InChI is InChI=1S/C6H10F3NO2S/c1-12-5(11)4(10)2-3-13-6(7,8)9/h4H,2-3,10H2,1H3. The molecule has 0 aliphatic rings. The van der Waals surface area contributed by atoms with Gasteiger partial charge in [-0.1, -0.05) is 11.8 Å². The van der Waals surface area contributed by atoms with Crippen molar-refractivity contribution in [2.45, 2.75) is 18.0 Å². The molecule has 0 bridgehead atoms. The van der Waals surface area contributed by atoms with Gasteiger partial charge in [0.15, 0.2) is 0 Å². The monoisotopic (exact) mass is 217 g/mol. The summed E-state index contributed by atoms with van der Waals surface area (Å²) in [6.07, 6.45) is -0.0448. The molecule has 3 nitrogen and oxygen atoms in total. The van der Waals surface area contributed by atoms with E-state index in [4.69, 9.17) is 5.73 Å². The number of carbonyl (C=O) groups is 1. The number of hydrogen-bond acceptors (Lipinski definition) is 4. The van der Waals surface area contributed by atoms with E-state index in [1.165, 1.54) is 0 Å². The van der Waals surface area contributed by atoms with Crippen LogP contribution in [-0.2, 0) is 9.53 Å². The van der Waals surface area contributed by atoms with E-state index >= 15 is 0 Å². The summed E-state index contributed by atoms with van der Waals surface area (Å²) in [4.78, 5) is 10.6. The Kier molecular flexibility index (Phi) is 5.16. The van der Waals surface area contributed by atoms with Gasteiger partial charge in [-0.05, 0) is 6.42 Å². The number of hydrogen-bond donors (Lipinski definition) is 1. The zero-order valence-corrected chi connectivity index (χ0v) is 7.74. The number of methoxy groups -OCH3 is 1. The first-order valence-electron chi connectivity index (χ1n) is 3.41. The fourth-order valence-corrected chi connectivity index (χ4v) is 1.17. The molecule has 7 heteroatoms. The third kappa shape index (κ3) is 6.71. The van der Waals surface area contributed by atoms with Crippen LogP contribution in [0.15, 0.2) is 0 Å². The summed E-state index contributed by atoms with van der Waals surface area (Å²) in [6.45, 7) is 0. The van der Waals surface area contributed by atoms with E-state index in [-0.39, 0.29) is 23.9 Å². The van der Waals surface area contributed by atoms with Crippen molar-refractivity contribution in [1.29, 1.82) is 0 Å². The summed E-state index contributed by atoms with van der Waals surface area (Å²) in [7, 11) is 1.14. The van der Waals surface area contributed by atoms with Crippen LogP contribution in [0.5, 0.6) is 0 Å². The predicted octanol–water partition coefficient (Wildman–Crippen LogP) is 1.13. The Labute approximate surface area is 77.8 Å². The zero-order valence-electron chi connectivity index (χ0n) is 6.93. The smallest absolute Gasteiger partial charge is 0.441 e. The summed E-state index contributed by atoms with van der Waals surface area (Å²) in [5.74, 6) is -0.928. The van der Waals surface area contributed by atoms with Gasteiger partial charge >= 0.3 is 11.5 Å². The fourth-order valence-electron chi connectivity index (χ4n) is 0.571. The van der Waals surface area contributed by atoms with E-state index in [2.05, 4.69) is 4.74 Å². The SMILES string of the molecule is COC(=O)C(N)CCSC(F)(F)F. The Bertz CT molecular complexity index is 174.